The van der Waals surface area contributed by atoms with Crippen molar-refractivity contribution in [3.05, 3.63) is 0 Å². The van der Waals surface area contributed by atoms with Gasteiger partial charge in [-0.05, 0) is 25.8 Å². The molecular formula is C11H22N2O3. The predicted octanol–water partition coefficient (Wildman–Crippen LogP) is -0.358. The van der Waals surface area contributed by atoms with Crippen molar-refractivity contribution >= 4 is 5.91 Å². The molecule has 2 atom stereocenters. The Labute approximate surface area is 96.6 Å². The van der Waals surface area contributed by atoms with Gasteiger partial charge in [0.2, 0.25) is 5.91 Å². The highest BCUT2D eigenvalue weighted by Crippen LogP contribution is 2.06. The van der Waals surface area contributed by atoms with E-state index in [-0.39, 0.29) is 11.9 Å². The lowest BCUT2D eigenvalue weighted by Gasteiger charge is -2.16. The number of amides is 1. The number of carbonyl (C=O) groups excluding carboxylic acids is 1. The fourth-order valence-electron chi connectivity index (χ4n) is 1.88. The van der Waals surface area contributed by atoms with Crippen LogP contribution >= 0.6 is 0 Å². The monoisotopic (exact) mass is 230 g/mol. The lowest BCUT2D eigenvalue weighted by atomic mass is 10.1. The third kappa shape index (κ3) is 5.44. The van der Waals surface area contributed by atoms with Gasteiger partial charge < -0.3 is 20.5 Å². The number of aliphatic hydroxyl groups is 1. The summed E-state index contributed by atoms with van der Waals surface area (Å²) in [5, 5.41) is 15.6. The Morgan fingerprint density at radius 2 is 2.50 bits per heavy atom. The number of rotatable bonds is 6. The molecule has 5 nitrogen and oxygen atoms in total. The summed E-state index contributed by atoms with van der Waals surface area (Å²) in [7, 11) is 1.58. The molecule has 1 amide bonds. The maximum absolute atomic E-state index is 11.3. The first-order valence-electron chi connectivity index (χ1n) is 5.89. The predicted molar refractivity (Wildman–Crippen MR) is 61.2 cm³/mol. The van der Waals surface area contributed by atoms with E-state index in [9.17, 15) is 9.90 Å². The normalized spacial score (nSPS) is 23.6. The molecule has 1 aliphatic rings. The third-order valence-electron chi connectivity index (χ3n) is 2.75. The topological polar surface area (TPSA) is 70.6 Å². The number of hydrogen-bond acceptors (Lipinski definition) is 4. The SMILES string of the molecule is COCC(O)CCNC1CCCNC(=O)C1. The van der Waals surface area contributed by atoms with Gasteiger partial charge in [0, 0.05) is 26.1 Å². The fraction of sp³-hybridized carbons (Fsp3) is 0.909. The van der Waals surface area contributed by atoms with Crippen LogP contribution in [0.25, 0.3) is 0 Å². The number of carbonyl (C=O) groups is 1. The number of hydrogen-bond donors (Lipinski definition) is 3. The van der Waals surface area contributed by atoms with Crippen LogP contribution in [0.5, 0.6) is 0 Å². The molecule has 0 saturated carbocycles. The van der Waals surface area contributed by atoms with Gasteiger partial charge in [-0.2, -0.15) is 0 Å². The number of methoxy groups -OCH3 is 1. The summed E-state index contributed by atoms with van der Waals surface area (Å²) < 4.78 is 4.84. The summed E-state index contributed by atoms with van der Waals surface area (Å²) in [4.78, 5) is 11.3. The Hall–Kier alpha value is -0.650. The van der Waals surface area contributed by atoms with Crippen LogP contribution in [0, 0.1) is 0 Å². The second kappa shape index (κ2) is 7.60. The van der Waals surface area contributed by atoms with Gasteiger partial charge in [0.05, 0.1) is 12.7 Å². The van der Waals surface area contributed by atoms with Crippen LogP contribution in [0.4, 0.5) is 0 Å². The smallest absolute Gasteiger partial charge is 0.221 e. The molecule has 1 aliphatic heterocycles. The van der Waals surface area contributed by atoms with Crippen LogP contribution in [0.3, 0.4) is 0 Å². The van der Waals surface area contributed by atoms with E-state index >= 15 is 0 Å². The minimum atomic E-state index is -0.419. The van der Waals surface area contributed by atoms with Gasteiger partial charge in [-0.15, -0.1) is 0 Å². The Balaban J connectivity index is 2.13. The molecule has 1 saturated heterocycles. The summed E-state index contributed by atoms with van der Waals surface area (Å²) in [6.45, 7) is 1.87. The van der Waals surface area contributed by atoms with Gasteiger partial charge in [-0.25, -0.2) is 0 Å². The molecule has 3 N–H and O–H groups in total. The van der Waals surface area contributed by atoms with Gasteiger partial charge in [0.15, 0.2) is 0 Å². The molecule has 0 aromatic rings. The Morgan fingerprint density at radius 3 is 3.25 bits per heavy atom. The van der Waals surface area contributed by atoms with Gasteiger partial charge in [0.1, 0.15) is 0 Å². The Bertz CT molecular complexity index is 211. The van der Waals surface area contributed by atoms with Crippen molar-refractivity contribution in [1.29, 1.82) is 0 Å². The zero-order chi connectivity index (χ0) is 11.8. The molecule has 0 spiro atoms. The van der Waals surface area contributed by atoms with E-state index in [1.165, 1.54) is 0 Å². The van der Waals surface area contributed by atoms with Crippen LogP contribution in [0.1, 0.15) is 25.7 Å². The highest BCUT2D eigenvalue weighted by Gasteiger charge is 2.16. The molecule has 1 fully saturated rings. The molecule has 0 radical (unpaired) electrons. The number of nitrogens with one attached hydrogen (secondary N) is 2. The molecule has 0 aromatic carbocycles. The maximum Gasteiger partial charge on any atom is 0.221 e. The first kappa shape index (κ1) is 13.4. The Morgan fingerprint density at radius 1 is 1.69 bits per heavy atom. The van der Waals surface area contributed by atoms with Crippen LogP contribution in [0.2, 0.25) is 0 Å². The summed E-state index contributed by atoms with van der Waals surface area (Å²) in [6, 6.07) is 0.247. The molecule has 1 rings (SSSR count). The number of ether oxygens (including phenoxy) is 1. The van der Waals surface area contributed by atoms with E-state index in [0.717, 1.165) is 25.9 Å². The lowest BCUT2D eigenvalue weighted by molar-refractivity contribution is -0.121. The van der Waals surface area contributed by atoms with Crippen molar-refractivity contribution < 1.29 is 14.6 Å². The van der Waals surface area contributed by atoms with E-state index in [1.807, 2.05) is 0 Å². The molecule has 1 heterocycles. The molecule has 2 unspecified atom stereocenters. The van der Waals surface area contributed by atoms with Crippen molar-refractivity contribution in [2.45, 2.75) is 37.8 Å². The Kier molecular flexibility index (Phi) is 6.37. The molecule has 0 bridgehead atoms. The molecule has 0 aliphatic carbocycles. The first-order chi connectivity index (χ1) is 7.72. The average molecular weight is 230 g/mol. The summed E-state index contributed by atoms with van der Waals surface area (Å²) in [5.74, 6) is 0.118. The zero-order valence-electron chi connectivity index (χ0n) is 9.87. The van der Waals surface area contributed by atoms with E-state index < -0.39 is 6.10 Å². The summed E-state index contributed by atoms with van der Waals surface area (Å²) >= 11 is 0. The molecule has 94 valence electrons. The highest BCUT2D eigenvalue weighted by molar-refractivity contribution is 5.76. The van der Waals surface area contributed by atoms with Crippen LogP contribution in [-0.4, -0.2) is 50.0 Å². The zero-order valence-corrected chi connectivity index (χ0v) is 9.87. The first-order valence-corrected chi connectivity index (χ1v) is 5.89. The van der Waals surface area contributed by atoms with E-state index in [4.69, 9.17) is 4.74 Å². The van der Waals surface area contributed by atoms with Gasteiger partial charge in [-0.1, -0.05) is 0 Å². The van der Waals surface area contributed by atoms with Crippen molar-refractivity contribution in [3.8, 4) is 0 Å². The quantitative estimate of drug-likeness (QED) is 0.583. The molecular weight excluding hydrogens is 208 g/mol. The van der Waals surface area contributed by atoms with Crippen LogP contribution in [0.15, 0.2) is 0 Å². The number of aliphatic hydroxyl groups excluding tert-OH is 1. The van der Waals surface area contributed by atoms with Crippen molar-refractivity contribution in [2.75, 3.05) is 26.8 Å². The summed E-state index contributed by atoms with van der Waals surface area (Å²) in [6.07, 6.45) is 2.81. The standard InChI is InChI=1S/C11H22N2O3/c1-16-8-10(14)4-6-12-9-3-2-5-13-11(15)7-9/h9-10,12,14H,2-8H2,1H3,(H,13,15). The molecule has 0 aromatic heterocycles. The average Bonchev–Trinajstić information content (AvgIpc) is 2.43. The molecule has 5 heteroatoms. The fourth-order valence-corrected chi connectivity index (χ4v) is 1.88. The van der Waals surface area contributed by atoms with Gasteiger partial charge in [0.25, 0.3) is 0 Å². The van der Waals surface area contributed by atoms with Gasteiger partial charge in [-0.3, -0.25) is 4.79 Å². The maximum atomic E-state index is 11.3. The summed E-state index contributed by atoms with van der Waals surface area (Å²) in [5.41, 5.74) is 0. The van der Waals surface area contributed by atoms with Gasteiger partial charge >= 0.3 is 0 Å². The molecule has 16 heavy (non-hydrogen) atoms. The van der Waals surface area contributed by atoms with Crippen molar-refractivity contribution in [3.63, 3.8) is 0 Å². The third-order valence-corrected chi connectivity index (χ3v) is 2.75. The van der Waals surface area contributed by atoms with E-state index in [1.54, 1.807) is 7.11 Å². The second-order valence-corrected chi connectivity index (χ2v) is 4.25. The van der Waals surface area contributed by atoms with Crippen molar-refractivity contribution in [1.82, 2.24) is 10.6 Å². The minimum Gasteiger partial charge on any atom is -0.391 e. The minimum absolute atomic E-state index is 0.118. The van der Waals surface area contributed by atoms with E-state index in [0.29, 0.717) is 19.4 Å². The lowest BCUT2D eigenvalue weighted by Crippen LogP contribution is -2.34. The largest absolute Gasteiger partial charge is 0.391 e. The van der Waals surface area contributed by atoms with Crippen LogP contribution in [-0.2, 0) is 9.53 Å². The van der Waals surface area contributed by atoms with Crippen molar-refractivity contribution in [2.24, 2.45) is 0 Å². The highest BCUT2D eigenvalue weighted by atomic mass is 16.5. The van der Waals surface area contributed by atoms with Crippen LogP contribution < -0.4 is 10.6 Å². The second-order valence-electron chi connectivity index (χ2n) is 4.25. The van der Waals surface area contributed by atoms with E-state index in [2.05, 4.69) is 10.6 Å².